The first kappa shape index (κ1) is 12.8. The second-order valence-corrected chi connectivity index (χ2v) is 5.44. The Morgan fingerprint density at radius 2 is 2.07 bits per heavy atom. The Morgan fingerprint density at radius 1 is 1.47 bits per heavy atom. The molecule has 4 heteroatoms. The van der Waals surface area contributed by atoms with Crippen LogP contribution in [0.25, 0.3) is 0 Å². The number of rotatable bonds is 6. The first-order valence-corrected chi connectivity index (χ1v) is 6.93. The molecule has 88 valence electrons. The van der Waals surface area contributed by atoms with Gasteiger partial charge in [0, 0.05) is 24.4 Å². The van der Waals surface area contributed by atoms with Crippen LogP contribution in [0.2, 0.25) is 0 Å². The minimum atomic E-state index is 0.207. The number of nitrogens with one attached hydrogen (secondary N) is 2. The van der Waals surface area contributed by atoms with E-state index in [0.717, 1.165) is 32.5 Å². The van der Waals surface area contributed by atoms with Crippen molar-refractivity contribution >= 4 is 17.7 Å². The zero-order valence-corrected chi connectivity index (χ0v) is 10.7. The quantitative estimate of drug-likeness (QED) is 0.721. The molecule has 0 radical (unpaired) electrons. The Labute approximate surface area is 96.8 Å². The molecule has 0 atom stereocenters. The highest BCUT2D eigenvalue weighted by Gasteiger charge is 2.29. The molecule has 0 aromatic rings. The largest absolute Gasteiger partial charge is 0.354 e. The molecule has 3 nitrogen and oxygen atoms in total. The lowest BCUT2D eigenvalue weighted by molar-refractivity contribution is -0.126. The number of thioether (sulfide) groups is 1. The summed E-state index contributed by atoms with van der Waals surface area (Å²) in [6.07, 6.45) is 4.34. The van der Waals surface area contributed by atoms with Gasteiger partial charge in [-0.15, -0.1) is 0 Å². The minimum Gasteiger partial charge on any atom is -0.354 e. The third-order valence-corrected chi connectivity index (χ3v) is 5.05. The second-order valence-electron chi connectivity index (χ2n) is 4.17. The molecular formula is C11H22N2OS. The standard InChI is InChI=1S/C11H22N2OS/c1-4-11(5-2,15-3)8-13-10(14)9-6-12-7-9/h9,12H,4-8H2,1-3H3,(H,13,14). The van der Waals surface area contributed by atoms with Gasteiger partial charge in [0.25, 0.3) is 0 Å². The maximum absolute atomic E-state index is 11.7. The van der Waals surface area contributed by atoms with Crippen LogP contribution in [-0.2, 0) is 4.79 Å². The second kappa shape index (κ2) is 5.75. The summed E-state index contributed by atoms with van der Waals surface area (Å²) in [6, 6.07) is 0. The Hall–Kier alpha value is -0.220. The lowest BCUT2D eigenvalue weighted by Crippen LogP contribution is -2.52. The lowest BCUT2D eigenvalue weighted by Gasteiger charge is -2.32. The summed E-state index contributed by atoms with van der Waals surface area (Å²) < 4.78 is 0.229. The third kappa shape index (κ3) is 3.11. The first-order chi connectivity index (χ1) is 7.17. The van der Waals surface area contributed by atoms with Crippen LogP contribution in [0.1, 0.15) is 26.7 Å². The lowest BCUT2D eigenvalue weighted by atomic mass is 10.00. The van der Waals surface area contributed by atoms with E-state index in [1.165, 1.54) is 0 Å². The summed E-state index contributed by atoms with van der Waals surface area (Å²) in [4.78, 5) is 11.7. The summed E-state index contributed by atoms with van der Waals surface area (Å²) in [6.45, 7) is 6.87. The zero-order chi connectivity index (χ0) is 11.3. The van der Waals surface area contributed by atoms with Crippen LogP contribution in [0.3, 0.4) is 0 Å². The Bertz CT molecular complexity index is 204. The van der Waals surface area contributed by atoms with Gasteiger partial charge >= 0.3 is 0 Å². The first-order valence-electron chi connectivity index (χ1n) is 5.71. The zero-order valence-electron chi connectivity index (χ0n) is 9.93. The summed E-state index contributed by atoms with van der Waals surface area (Å²) >= 11 is 1.87. The maximum Gasteiger partial charge on any atom is 0.225 e. The van der Waals surface area contributed by atoms with Gasteiger partial charge in [-0.3, -0.25) is 4.79 Å². The van der Waals surface area contributed by atoms with Gasteiger partial charge in [-0.1, -0.05) is 13.8 Å². The number of hydrogen-bond donors (Lipinski definition) is 2. The van der Waals surface area contributed by atoms with Gasteiger partial charge in [0.05, 0.1) is 5.92 Å². The molecule has 0 aromatic heterocycles. The maximum atomic E-state index is 11.7. The molecule has 1 saturated heterocycles. The molecule has 2 N–H and O–H groups in total. The molecule has 15 heavy (non-hydrogen) atoms. The number of amides is 1. The van der Waals surface area contributed by atoms with Gasteiger partial charge in [-0.2, -0.15) is 11.8 Å². The number of carbonyl (C=O) groups excluding carboxylic acids is 1. The van der Waals surface area contributed by atoms with E-state index in [4.69, 9.17) is 0 Å². The van der Waals surface area contributed by atoms with Gasteiger partial charge in [-0.05, 0) is 19.1 Å². The van der Waals surface area contributed by atoms with E-state index in [-0.39, 0.29) is 16.6 Å². The van der Waals surface area contributed by atoms with Crippen molar-refractivity contribution in [2.45, 2.75) is 31.4 Å². The molecule has 0 saturated carbocycles. The van der Waals surface area contributed by atoms with Crippen molar-refractivity contribution in [3.8, 4) is 0 Å². The van der Waals surface area contributed by atoms with Crippen molar-refractivity contribution in [3.63, 3.8) is 0 Å². The van der Waals surface area contributed by atoms with Crippen LogP contribution >= 0.6 is 11.8 Å². The fourth-order valence-corrected chi connectivity index (χ4v) is 2.52. The summed E-state index contributed by atoms with van der Waals surface area (Å²) in [5.74, 6) is 0.423. The van der Waals surface area contributed by atoms with E-state index in [9.17, 15) is 4.79 Å². The predicted molar refractivity (Wildman–Crippen MR) is 66.2 cm³/mol. The van der Waals surface area contributed by atoms with Crippen LogP contribution in [-0.4, -0.2) is 36.5 Å². The van der Waals surface area contributed by atoms with E-state index in [1.807, 2.05) is 11.8 Å². The highest BCUT2D eigenvalue weighted by molar-refractivity contribution is 8.00. The van der Waals surface area contributed by atoms with E-state index in [1.54, 1.807) is 0 Å². The Morgan fingerprint density at radius 3 is 2.40 bits per heavy atom. The SMILES string of the molecule is CCC(CC)(CNC(=O)C1CNC1)SC. The van der Waals surface area contributed by atoms with E-state index >= 15 is 0 Å². The average molecular weight is 230 g/mol. The molecule has 0 bridgehead atoms. The topological polar surface area (TPSA) is 41.1 Å². The Balaban J connectivity index is 2.35. The predicted octanol–water partition coefficient (Wildman–Crippen LogP) is 1.24. The van der Waals surface area contributed by atoms with E-state index in [0.29, 0.717) is 0 Å². The third-order valence-electron chi connectivity index (χ3n) is 3.46. The highest BCUT2D eigenvalue weighted by atomic mass is 32.2. The van der Waals surface area contributed by atoms with Crippen molar-refractivity contribution in [2.75, 3.05) is 25.9 Å². The van der Waals surface area contributed by atoms with Gasteiger partial charge in [-0.25, -0.2) is 0 Å². The fourth-order valence-electron chi connectivity index (χ4n) is 1.73. The van der Waals surface area contributed by atoms with Crippen molar-refractivity contribution in [1.82, 2.24) is 10.6 Å². The smallest absolute Gasteiger partial charge is 0.225 e. The highest BCUT2D eigenvalue weighted by Crippen LogP contribution is 2.29. The molecule has 1 amide bonds. The van der Waals surface area contributed by atoms with E-state index in [2.05, 4.69) is 30.7 Å². The fraction of sp³-hybridized carbons (Fsp3) is 0.909. The van der Waals surface area contributed by atoms with Crippen LogP contribution in [0, 0.1) is 5.92 Å². The molecule has 0 spiro atoms. The molecule has 1 fully saturated rings. The van der Waals surface area contributed by atoms with Crippen LogP contribution < -0.4 is 10.6 Å². The van der Waals surface area contributed by atoms with Gasteiger partial charge in [0.15, 0.2) is 0 Å². The Kier molecular flexibility index (Phi) is 4.93. The van der Waals surface area contributed by atoms with Gasteiger partial charge < -0.3 is 10.6 Å². The number of carbonyl (C=O) groups is 1. The monoisotopic (exact) mass is 230 g/mol. The summed E-state index contributed by atoms with van der Waals surface area (Å²) in [5.41, 5.74) is 0. The molecule has 0 aliphatic carbocycles. The number of hydrogen-bond acceptors (Lipinski definition) is 3. The van der Waals surface area contributed by atoms with Crippen molar-refractivity contribution in [2.24, 2.45) is 5.92 Å². The molecule has 0 unspecified atom stereocenters. The van der Waals surface area contributed by atoms with Crippen LogP contribution in [0.5, 0.6) is 0 Å². The van der Waals surface area contributed by atoms with Crippen molar-refractivity contribution < 1.29 is 4.79 Å². The van der Waals surface area contributed by atoms with E-state index < -0.39 is 0 Å². The minimum absolute atomic E-state index is 0.207. The summed E-state index contributed by atoms with van der Waals surface area (Å²) in [7, 11) is 0. The van der Waals surface area contributed by atoms with Crippen molar-refractivity contribution in [1.29, 1.82) is 0 Å². The average Bonchev–Trinajstić information content (AvgIpc) is 2.18. The van der Waals surface area contributed by atoms with Crippen LogP contribution in [0.15, 0.2) is 0 Å². The normalized spacial score (nSPS) is 17.3. The molecule has 0 aromatic carbocycles. The molecule has 1 aliphatic rings. The summed E-state index contributed by atoms with van der Waals surface area (Å²) in [5, 5.41) is 6.19. The van der Waals surface area contributed by atoms with Gasteiger partial charge in [0.2, 0.25) is 5.91 Å². The molecular weight excluding hydrogens is 208 g/mol. The molecule has 1 rings (SSSR count). The van der Waals surface area contributed by atoms with Crippen molar-refractivity contribution in [3.05, 3.63) is 0 Å². The van der Waals surface area contributed by atoms with Crippen LogP contribution in [0.4, 0.5) is 0 Å². The van der Waals surface area contributed by atoms with Gasteiger partial charge in [0.1, 0.15) is 0 Å². The molecule has 1 aliphatic heterocycles. The molecule has 1 heterocycles.